The zero-order valence-corrected chi connectivity index (χ0v) is 11.8. The Bertz CT molecular complexity index is 570. The fourth-order valence-electron chi connectivity index (χ4n) is 1.35. The summed E-state index contributed by atoms with van der Waals surface area (Å²) in [5.41, 5.74) is 0.402. The van der Waals surface area contributed by atoms with Crippen molar-refractivity contribution in [2.24, 2.45) is 0 Å². The Labute approximate surface area is 116 Å². The van der Waals surface area contributed by atoms with Crippen molar-refractivity contribution < 1.29 is 4.92 Å². The van der Waals surface area contributed by atoms with Crippen LogP contribution >= 0.6 is 27.7 Å². The second kappa shape index (κ2) is 5.49. The molecule has 0 amide bonds. The van der Waals surface area contributed by atoms with Crippen molar-refractivity contribution in [2.75, 3.05) is 0 Å². The van der Waals surface area contributed by atoms with E-state index >= 15 is 0 Å². The number of aromatic nitrogens is 3. The molecule has 0 aromatic carbocycles. The number of aromatic amines is 1. The molecule has 0 spiro atoms. The van der Waals surface area contributed by atoms with E-state index in [0.717, 1.165) is 9.50 Å². The van der Waals surface area contributed by atoms with E-state index in [1.165, 1.54) is 11.8 Å². The second-order valence-electron chi connectivity index (χ2n) is 3.48. The molecule has 8 heteroatoms. The molecule has 0 bridgehead atoms. The van der Waals surface area contributed by atoms with E-state index < -0.39 is 4.92 Å². The van der Waals surface area contributed by atoms with Crippen LogP contribution in [0.3, 0.4) is 0 Å². The van der Waals surface area contributed by atoms with Crippen LogP contribution in [0.2, 0.25) is 0 Å². The number of hydrogen-bond donors (Lipinski definition) is 1. The summed E-state index contributed by atoms with van der Waals surface area (Å²) in [6.07, 6.45) is 1.71. The molecule has 0 saturated heterocycles. The highest BCUT2D eigenvalue weighted by Crippen LogP contribution is 2.23. The second-order valence-corrected chi connectivity index (χ2v) is 5.39. The number of hydrogen-bond acceptors (Lipinski definition) is 5. The monoisotopic (exact) mass is 328 g/mol. The van der Waals surface area contributed by atoms with Crippen LogP contribution in [0.4, 0.5) is 5.82 Å². The van der Waals surface area contributed by atoms with Gasteiger partial charge < -0.3 is 10.1 Å². The summed E-state index contributed by atoms with van der Waals surface area (Å²) in [5, 5.41) is 11.5. The van der Waals surface area contributed by atoms with Gasteiger partial charge in [-0.05, 0) is 39.9 Å². The van der Waals surface area contributed by atoms with Crippen LogP contribution in [0.25, 0.3) is 0 Å². The molecule has 2 heterocycles. The maximum Gasteiger partial charge on any atom is 0.343 e. The molecule has 18 heavy (non-hydrogen) atoms. The van der Waals surface area contributed by atoms with E-state index in [-0.39, 0.29) is 5.82 Å². The quantitative estimate of drug-likeness (QED) is 0.529. The van der Waals surface area contributed by atoms with Crippen LogP contribution in [0, 0.1) is 17.0 Å². The Morgan fingerprint density at radius 3 is 2.89 bits per heavy atom. The Hall–Kier alpha value is -1.41. The summed E-state index contributed by atoms with van der Waals surface area (Å²) in [5.74, 6) is 1.05. The molecule has 2 aromatic heterocycles. The van der Waals surface area contributed by atoms with E-state index in [0.29, 0.717) is 17.3 Å². The first-order valence-electron chi connectivity index (χ1n) is 5.00. The van der Waals surface area contributed by atoms with Crippen LogP contribution in [-0.4, -0.2) is 19.9 Å². The lowest BCUT2D eigenvalue weighted by molar-refractivity contribution is -0.389. The SMILES string of the molecule is Cc1nc(CSc2ccc(Br)cn2)[nH]c1[N+](=O)[O-]. The number of pyridine rings is 1. The molecule has 0 radical (unpaired) electrons. The minimum Gasteiger partial charge on any atom is -0.358 e. The number of halogens is 1. The lowest BCUT2D eigenvalue weighted by Crippen LogP contribution is -1.90. The van der Waals surface area contributed by atoms with Crippen LogP contribution in [0.15, 0.2) is 27.8 Å². The summed E-state index contributed by atoms with van der Waals surface area (Å²) < 4.78 is 0.913. The zero-order valence-electron chi connectivity index (χ0n) is 9.38. The summed E-state index contributed by atoms with van der Waals surface area (Å²) in [6, 6.07) is 3.77. The largest absolute Gasteiger partial charge is 0.358 e. The summed E-state index contributed by atoms with van der Waals surface area (Å²) in [4.78, 5) is 21.2. The molecule has 2 aromatic rings. The standard InChI is InChI=1S/C10H9BrN4O2S/c1-6-10(15(16)17)14-8(13-6)5-18-9-3-2-7(11)4-12-9/h2-4H,5H2,1H3,(H,13,14). The van der Waals surface area contributed by atoms with Gasteiger partial charge in [0.2, 0.25) is 5.82 Å². The van der Waals surface area contributed by atoms with Gasteiger partial charge in [-0.25, -0.2) is 15.0 Å². The molecule has 2 rings (SSSR count). The van der Waals surface area contributed by atoms with Crippen LogP contribution < -0.4 is 0 Å². The van der Waals surface area contributed by atoms with Crippen molar-refractivity contribution in [1.82, 2.24) is 15.0 Å². The number of imidazole rings is 1. The maximum absolute atomic E-state index is 10.7. The molecule has 0 aliphatic heterocycles. The molecule has 0 aliphatic carbocycles. The van der Waals surface area contributed by atoms with Crippen molar-refractivity contribution in [3.8, 4) is 0 Å². The highest BCUT2D eigenvalue weighted by atomic mass is 79.9. The van der Waals surface area contributed by atoms with Gasteiger partial charge >= 0.3 is 5.82 Å². The van der Waals surface area contributed by atoms with E-state index in [9.17, 15) is 10.1 Å². The van der Waals surface area contributed by atoms with E-state index in [2.05, 4.69) is 30.9 Å². The van der Waals surface area contributed by atoms with Crippen molar-refractivity contribution in [3.63, 3.8) is 0 Å². The third-order valence-corrected chi connectivity index (χ3v) is 3.57. The molecule has 6 nitrogen and oxygen atoms in total. The normalized spacial score (nSPS) is 10.6. The van der Waals surface area contributed by atoms with Gasteiger partial charge in [-0.15, -0.1) is 0 Å². The first-order chi connectivity index (χ1) is 8.56. The minimum atomic E-state index is -0.464. The Morgan fingerprint density at radius 1 is 1.56 bits per heavy atom. The van der Waals surface area contributed by atoms with Crippen LogP contribution in [-0.2, 0) is 5.75 Å². The van der Waals surface area contributed by atoms with Gasteiger partial charge in [0.05, 0.1) is 10.8 Å². The predicted molar refractivity (Wildman–Crippen MR) is 71.5 cm³/mol. The van der Waals surface area contributed by atoms with Crippen molar-refractivity contribution in [1.29, 1.82) is 0 Å². The van der Waals surface area contributed by atoms with Crippen LogP contribution in [0.5, 0.6) is 0 Å². The van der Waals surface area contributed by atoms with E-state index in [1.807, 2.05) is 12.1 Å². The molecule has 0 saturated carbocycles. The number of thioether (sulfide) groups is 1. The number of H-pyrrole nitrogens is 1. The first kappa shape index (κ1) is 13.0. The Kier molecular flexibility index (Phi) is 3.97. The van der Waals surface area contributed by atoms with Gasteiger partial charge in [0, 0.05) is 10.7 Å². The maximum atomic E-state index is 10.7. The number of nitrogens with zero attached hydrogens (tertiary/aromatic N) is 3. The van der Waals surface area contributed by atoms with Crippen molar-refractivity contribution in [3.05, 3.63) is 44.4 Å². The molecule has 94 valence electrons. The van der Waals surface area contributed by atoms with Gasteiger partial charge in [0.15, 0.2) is 0 Å². The molecular weight excluding hydrogens is 320 g/mol. The number of rotatable bonds is 4. The van der Waals surface area contributed by atoms with Gasteiger partial charge in [-0.2, -0.15) is 0 Å². The van der Waals surface area contributed by atoms with E-state index in [1.54, 1.807) is 13.1 Å². The average molecular weight is 329 g/mol. The fraction of sp³-hybridized carbons (Fsp3) is 0.200. The molecule has 0 atom stereocenters. The lowest BCUT2D eigenvalue weighted by Gasteiger charge is -1.96. The lowest BCUT2D eigenvalue weighted by atomic mass is 10.5. The van der Waals surface area contributed by atoms with E-state index in [4.69, 9.17) is 0 Å². The fourth-order valence-corrected chi connectivity index (χ4v) is 2.29. The third kappa shape index (κ3) is 3.08. The molecule has 1 N–H and O–H groups in total. The number of nitro groups is 1. The molecular formula is C10H9BrN4O2S. The molecule has 0 aliphatic rings. The summed E-state index contributed by atoms with van der Waals surface area (Å²) >= 11 is 4.77. The van der Waals surface area contributed by atoms with Gasteiger partial charge in [-0.3, -0.25) is 0 Å². The van der Waals surface area contributed by atoms with Crippen molar-refractivity contribution in [2.45, 2.75) is 17.7 Å². The Balaban J connectivity index is 2.04. The smallest absolute Gasteiger partial charge is 0.343 e. The first-order valence-corrected chi connectivity index (χ1v) is 6.78. The van der Waals surface area contributed by atoms with Crippen molar-refractivity contribution >= 4 is 33.5 Å². The zero-order chi connectivity index (χ0) is 13.1. The Morgan fingerprint density at radius 2 is 2.33 bits per heavy atom. The molecule has 0 unspecified atom stereocenters. The number of nitrogens with one attached hydrogen (secondary N) is 1. The summed E-state index contributed by atoms with van der Waals surface area (Å²) in [6.45, 7) is 1.61. The highest BCUT2D eigenvalue weighted by molar-refractivity contribution is 9.10. The number of aryl methyl sites for hydroxylation is 1. The highest BCUT2D eigenvalue weighted by Gasteiger charge is 2.16. The predicted octanol–water partition coefficient (Wildman–Crippen LogP) is 3.08. The summed E-state index contributed by atoms with van der Waals surface area (Å²) in [7, 11) is 0. The average Bonchev–Trinajstić information content (AvgIpc) is 2.70. The topological polar surface area (TPSA) is 84.7 Å². The minimum absolute atomic E-state index is 0.0469. The molecule has 0 fully saturated rings. The third-order valence-electron chi connectivity index (χ3n) is 2.15. The van der Waals surface area contributed by atoms with Gasteiger partial charge in [-0.1, -0.05) is 11.8 Å². The van der Waals surface area contributed by atoms with Gasteiger partial charge in [0.1, 0.15) is 5.69 Å². The van der Waals surface area contributed by atoms with Gasteiger partial charge in [0.25, 0.3) is 0 Å². The van der Waals surface area contributed by atoms with Crippen LogP contribution in [0.1, 0.15) is 11.5 Å².